The lowest BCUT2D eigenvalue weighted by Crippen LogP contribution is -2.39. The van der Waals surface area contributed by atoms with Crippen molar-refractivity contribution < 1.29 is 19.5 Å². The molecular formula is C14H16N2O4. The lowest BCUT2D eigenvalue weighted by molar-refractivity contribution is -0.141. The second-order valence-corrected chi connectivity index (χ2v) is 4.71. The minimum Gasteiger partial charge on any atom is -0.481 e. The fourth-order valence-electron chi connectivity index (χ4n) is 2.15. The van der Waals surface area contributed by atoms with Gasteiger partial charge >= 0.3 is 5.97 Å². The van der Waals surface area contributed by atoms with E-state index in [1.165, 1.54) is 4.90 Å². The average Bonchev–Trinajstić information content (AvgIpc) is 2.95. The van der Waals surface area contributed by atoms with Crippen LogP contribution in [0.1, 0.15) is 16.8 Å². The van der Waals surface area contributed by atoms with Crippen LogP contribution in [-0.4, -0.2) is 47.4 Å². The number of nitrogens with zero attached hydrogens (tertiary/aromatic N) is 1. The van der Waals surface area contributed by atoms with Gasteiger partial charge in [0.1, 0.15) is 0 Å². The molecule has 2 rings (SSSR count). The number of nitrogens with one attached hydrogen (secondary N) is 1. The molecule has 0 saturated carbocycles. The first-order valence-electron chi connectivity index (χ1n) is 6.42. The van der Waals surface area contributed by atoms with Crippen LogP contribution in [0.25, 0.3) is 0 Å². The standard InChI is InChI=1S/C14H16N2O4/c17-12(16-7-6-11(9-16)14(19)20)8-15-13(18)10-4-2-1-3-5-10/h1-5,11H,6-9H2,(H,15,18)(H,19,20). The number of hydrogen-bond acceptors (Lipinski definition) is 3. The number of rotatable bonds is 4. The predicted molar refractivity (Wildman–Crippen MR) is 71.1 cm³/mol. The van der Waals surface area contributed by atoms with Crippen LogP contribution in [0.4, 0.5) is 0 Å². The Bertz CT molecular complexity index is 515. The second kappa shape index (κ2) is 6.18. The predicted octanol–water partition coefficient (Wildman–Crippen LogP) is 0.350. The lowest BCUT2D eigenvalue weighted by Gasteiger charge is -2.16. The molecular weight excluding hydrogens is 260 g/mol. The highest BCUT2D eigenvalue weighted by molar-refractivity contribution is 5.96. The van der Waals surface area contributed by atoms with E-state index < -0.39 is 11.9 Å². The number of likely N-dealkylation sites (tertiary alicyclic amines) is 1. The molecule has 20 heavy (non-hydrogen) atoms. The van der Waals surface area contributed by atoms with E-state index in [1.807, 2.05) is 0 Å². The van der Waals surface area contributed by atoms with Crippen LogP contribution in [0.3, 0.4) is 0 Å². The van der Waals surface area contributed by atoms with Gasteiger partial charge in [-0.15, -0.1) is 0 Å². The summed E-state index contributed by atoms with van der Waals surface area (Å²) in [6.07, 6.45) is 0.466. The maximum atomic E-state index is 11.9. The number of amides is 2. The molecule has 1 fully saturated rings. The van der Waals surface area contributed by atoms with Crippen molar-refractivity contribution in [2.75, 3.05) is 19.6 Å². The van der Waals surface area contributed by atoms with Crippen molar-refractivity contribution in [3.05, 3.63) is 35.9 Å². The quantitative estimate of drug-likeness (QED) is 0.830. The van der Waals surface area contributed by atoms with E-state index in [9.17, 15) is 14.4 Å². The lowest BCUT2D eigenvalue weighted by atomic mass is 10.1. The third-order valence-electron chi connectivity index (χ3n) is 3.33. The fraction of sp³-hybridized carbons (Fsp3) is 0.357. The summed E-state index contributed by atoms with van der Waals surface area (Å²) in [5.74, 6) is -1.94. The van der Waals surface area contributed by atoms with E-state index >= 15 is 0 Å². The highest BCUT2D eigenvalue weighted by atomic mass is 16.4. The molecule has 6 nitrogen and oxygen atoms in total. The summed E-state index contributed by atoms with van der Waals surface area (Å²) in [4.78, 5) is 35.9. The molecule has 0 aliphatic carbocycles. The van der Waals surface area contributed by atoms with E-state index in [4.69, 9.17) is 5.11 Å². The molecule has 1 unspecified atom stereocenters. The highest BCUT2D eigenvalue weighted by Crippen LogP contribution is 2.16. The van der Waals surface area contributed by atoms with E-state index in [0.717, 1.165) is 0 Å². The van der Waals surface area contributed by atoms with Crippen molar-refractivity contribution in [3.8, 4) is 0 Å². The van der Waals surface area contributed by atoms with Gasteiger partial charge in [-0.2, -0.15) is 0 Å². The first kappa shape index (κ1) is 14.0. The van der Waals surface area contributed by atoms with Crippen LogP contribution in [0, 0.1) is 5.92 Å². The largest absolute Gasteiger partial charge is 0.481 e. The van der Waals surface area contributed by atoms with Crippen molar-refractivity contribution in [1.82, 2.24) is 10.2 Å². The first-order chi connectivity index (χ1) is 9.58. The summed E-state index contributed by atoms with van der Waals surface area (Å²) in [5.41, 5.74) is 0.491. The van der Waals surface area contributed by atoms with Gasteiger partial charge in [-0.05, 0) is 18.6 Å². The first-order valence-corrected chi connectivity index (χ1v) is 6.42. The zero-order valence-electron chi connectivity index (χ0n) is 10.9. The van der Waals surface area contributed by atoms with Crippen molar-refractivity contribution in [1.29, 1.82) is 0 Å². The zero-order chi connectivity index (χ0) is 14.5. The van der Waals surface area contributed by atoms with Crippen molar-refractivity contribution >= 4 is 17.8 Å². The molecule has 0 radical (unpaired) electrons. The van der Waals surface area contributed by atoms with Crippen molar-refractivity contribution in [2.24, 2.45) is 5.92 Å². The maximum absolute atomic E-state index is 11.9. The van der Waals surface area contributed by atoms with Gasteiger partial charge in [0.2, 0.25) is 5.91 Å². The number of benzene rings is 1. The van der Waals surface area contributed by atoms with Crippen LogP contribution < -0.4 is 5.32 Å². The van der Waals surface area contributed by atoms with Gasteiger partial charge in [-0.3, -0.25) is 14.4 Å². The van der Waals surface area contributed by atoms with Gasteiger partial charge < -0.3 is 15.3 Å². The molecule has 1 aliphatic heterocycles. The topological polar surface area (TPSA) is 86.7 Å². The number of carbonyl (C=O) groups is 3. The summed E-state index contributed by atoms with van der Waals surface area (Å²) in [6.45, 7) is 0.534. The molecule has 0 spiro atoms. The van der Waals surface area contributed by atoms with Crippen LogP contribution in [0.2, 0.25) is 0 Å². The Kier molecular flexibility index (Phi) is 4.34. The molecule has 1 heterocycles. The normalized spacial score (nSPS) is 17.8. The molecule has 2 N–H and O–H groups in total. The maximum Gasteiger partial charge on any atom is 0.308 e. The SMILES string of the molecule is O=C(NCC(=O)N1CCC(C(=O)O)C1)c1ccccc1. The van der Waals surface area contributed by atoms with Gasteiger partial charge in [-0.25, -0.2) is 0 Å². The highest BCUT2D eigenvalue weighted by Gasteiger charge is 2.30. The Hall–Kier alpha value is -2.37. The molecule has 2 amide bonds. The Morgan fingerprint density at radius 1 is 1.25 bits per heavy atom. The zero-order valence-corrected chi connectivity index (χ0v) is 10.9. The molecule has 1 atom stereocenters. The summed E-state index contributed by atoms with van der Waals surface area (Å²) >= 11 is 0. The van der Waals surface area contributed by atoms with Crippen LogP contribution in [0.5, 0.6) is 0 Å². The molecule has 1 saturated heterocycles. The van der Waals surface area contributed by atoms with E-state index in [0.29, 0.717) is 18.5 Å². The Morgan fingerprint density at radius 2 is 1.95 bits per heavy atom. The number of carboxylic acid groups (broad SMARTS) is 1. The van der Waals surface area contributed by atoms with E-state index in [2.05, 4.69) is 5.32 Å². The average molecular weight is 276 g/mol. The van der Waals surface area contributed by atoms with Gasteiger partial charge in [0.25, 0.3) is 5.91 Å². The number of carbonyl (C=O) groups excluding carboxylic acids is 2. The Labute approximate surface area is 116 Å². The van der Waals surface area contributed by atoms with E-state index in [1.54, 1.807) is 30.3 Å². The third kappa shape index (κ3) is 3.34. The van der Waals surface area contributed by atoms with E-state index in [-0.39, 0.29) is 24.9 Å². The van der Waals surface area contributed by atoms with Gasteiger partial charge in [0.05, 0.1) is 12.5 Å². The monoisotopic (exact) mass is 276 g/mol. The summed E-state index contributed by atoms with van der Waals surface area (Å²) < 4.78 is 0. The Balaban J connectivity index is 1.81. The molecule has 106 valence electrons. The van der Waals surface area contributed by atoms with Gasteiger partial charge in [-0.1, -0.05) is 18.2 Å². The number of carboxylic acids is 1. The minimum atomic E-state index is -0.881. The van der Waals surface area contributed by atoms with Crippen molar-refractivity contribution in [2.45, 2.75) is 6.42 Å². The molecule has 1 aliphatic rings. The molecule has 1 aromatic carbocycles. The van der Waals surface area contributed by atoms with Gasteiger partial charge in [0, 0.05) is 18.7 Å². The summed E-state index contributed by atoms with van der Waals surface area (Å²) in [6, 6.07) is 8.62. The smallest absolute Gasteiger partial charge is 0.308 e. The molecule has 0 bridgehead atoms. The van der Waals surface area contributed by atoms with Gasteiger partial charge in [0.15, 0.2) is 0 Å². The number of hydrogen-bond donors (Lipinski definition) is 2. The third-order valence-corrected chi connectivity index (χ3v) is 3.33. The summed E-state index contributed by atoms with van der Waals surface area (Å²) in [5, 5.41) is 11.4. The molecule has 0 aromatic heterocycles. The number of aliphatic carboxylic acids is 1. The fourth-order valence-corrected chi connectivity index (χ4v) is 2.15. The molecule has 6 heteroatoms. The van der Waals surface area contributed by atoms with Crippen molar-refractivity contribution in [3.63, 3.8) is 0 Å². The van der Waals surface area contributed by atoms with Crippen LogP contribution >= 0.6 is 0 Å². The summed E-state index contributed by atoms with van der Waals surface area (Å²) in [7, 11) is 0. The minimum absolute atomic E-state index is 0.111. The Morgan fingerprint density at radius 3 is 2.55 bits per heavy atom. The van der Waals surface area contributed by atoms with Crippen LogP contribution in [0.15, 0.2) is 30.3 Å². The second-order valence-electron chi connectivity index (χ2n) is 4.71. The van der Waals surface area contributed by atoms with Crippen LogP contribution in [-0.2, 0) is 9.59 Å². The molecule has 1 aromatic rings.